The zero-order valence-corrected chi connectivity index (χ0v) is 15.0. The molecule has 1 aromatic carbocycles. The van der Waals surface area contributed by atoms with Gasteiger partial charge >= 0.3 is 0 Å². The molecule has 138 valence electrons. The van der Waals surface area contributed by atoms with Crippen LogP contribution in [0.4, 0.5) is 5.69 Å². The molecule has 7 heteroatoms. The highest BCUT2D eigenvalue weighted by atomic mass is 16.3. The minimum Gasteiger partial charge on any atom is -0.459 e. The number of aromatic nitrogens is 1. The quantitative estimate of drug-likeness (QED) is 0.705. The summed E-state index contributed by atoms with van der Waals surface area (Å²) in [7, 11) is 0. The van der Waals surface area contributed by atoms with E-state index >= 15 is 0 Å². The summed E-state index contributed by atoms with van der Waals surface area (Å²) in [5, 5.41) is 1.58. The topological polar surface area (TPSA) is 92.7 Å². The van der Waals surface area contributed by atoms with Crippen LogP contribution in [0, 0.1) is 6.92 Å². The number of nitrogens with two attached hydrogens (primary N) is 1. The first kappa shape index (κ1) is 17.1. The van der Waals surface area contributed by atoms with Crippen LogP contribution in [0.3, 0.4) is 0 Å². The zero-order chi connectivity index (χ0) is 19.0. The number of anilines is 1. The summed E-state index contributed by atoms with van der Waals surface area (Å²) in [6.45, 7) is 3.75. The van der Waals surface area contributed by atoms with E-state index in [1.165, 1.54) is 6.26 Å². The number of pyridine rings is 1. The smallest absolute Gasteiger partial charge is 0.289 e. The van der Waals surface area contributed by atoms with Crippen LogP contribution in [-0.4, -0.2) is 52.8 Å². The second kappa shape index (κ2) is 6.75. The molecule has 4 rings (SSSR count). The van der Waals surface area contributed by atoms with E-state index in [0.717, 1.165) is 16.3 Å². The van der Waals surface area contributed by atoms with Crippen molar-refractivity contribution in [3.05, 3.63) is 59.8 Å². The van der Waals surface area contributed by atoms with Crippen molar-refractivity contribution in [2.45, 2.75) is 6.92 Å². The number of fused-ring (bicyclic) bond motifs is 1. The molecule has 1 fully saturated rings. The van der Waals surface area contributed by atoms with Crippen LogP contribution in [0.25, 0.3) is 10.8 Å². The van der Waals surface area contributed by atoms with Gasteiger partial charge in [0.25, 0.3) is 11.8 Å². The molecule has 2 N–H and O–H groups in total. The van der Waals surface area contributed by atoms with Crippen LogP contribution in [0.5, 0.6) is 0 Å². The molecule has 1 saturated heterocycles. The molecule has 27 heavy (non-hydrogen) atoms. The lowest BCUT2D eigenvalue weighted by molar-refractivity contribution is 0.0516. The molecule has 0 bridgehead atoms. The fourth-order valence-electron chi connectivity index (χ4n) is 3.38. The summed E-state index contributed by atoms with van der Waals surface area (Å²) in [6.07, 6.45) is 3.09. The molecule has 0 saturated carbocycles. The summed E-state index contributed by atoms with van der Waals surface area (Å²) < 4.78 is 5.17. The van der Waals surface area contributed by atoms with Gasteiger partial charge in [-0.15, -0.1) is 0 Å². The molecule has 2 amide bonds. The fraction of sp³-hybridized carbons (Fsp3) is 0.250. The third-order valence-electron chi connectivity index (χ3n) is 4.99. The summed E-state index contributed by atoms with van der Waals surface area (Å²) in [5.74, 6) is 0.0175. The Hall–Kier alpha value is -3.35. The van der Waals surface area contributed by atoms with E-state index in [4.69, 9.17) is 10.2 Å². The maximum atomic E-state index is 13.0. The number of hydrogen-bond acceptors (Lipinski definition) is 5. The van der Waals surface area contributed by atoms with Gasteiger partial charge in [-0.1, -0.05) is 12.1 Å². The van der Waals surface area contributed by atoms with E-state index in [1.54, 1.807) is 28.1 Å². The Morgan fingerprint density at radius 1 is 1.00 bits per heavy atom. The summed E-state index contributed by atoms with van der Waals surface area (Å²) in [6, 6.07) is 8.95. The number of furan rings is 1. The molecule has 1 aliphatic rings. The van der Waals surface area contributed by atoms with Gasteiger partial charge < -0.3 is 20.0 Å². The summed E-state index contributed by atoms with van der Waals surface area (Å²) in [4.78, 5) is 33.1. The average molecular weight is 364 g/mol. The molecule has 2 aromatic heterocycles. The predicted octanol–water partition coefficient (Wildman–Crippen LogP) is 2.32. The normalized spacial score (nSPS) is 14.6. The number of amides is 2. The van der Waals surface area contributed by atoms with E-state index in [0.29, 0.717) is 43.3 Å². The van der Waals surface area contributed by atoms with Crippen LogP contribution >= 0.6 is 0 Å². The Bertz CT molecular complexity index is 1010. The molecular weight excluding hydrogens is 344 g/mol. The highest BCUT2D eigenvalue weighted by Crippen LogP contribution is 2.26. The van der Waals surface area contributed by atoms with Crippen LogP contribution in [-0.2, 0) is 0 Å². The molecule has 0 atom stereocenters. The van der Waals surface area contributed by atoms with Crippen LogP contribution < -0.4 is 5.73 Å². The average Bonchev–Trinajstić information content (AvgIpc) is 3.24. The third-order valence-corrected chi connectivity index (χ3v) is 4.99. The van der Waals surface area contributed by atoms with Crippen molar-refractivity contribution in [3.63, 3.8) is 0 Å². The number of carbonyl (C=O) groups excluding carboxylic acids is 2. The number of nitrogens with zero attached hydrogens (tertiary/aromatic N) is 3. The second-order valence-electron chi connectivity index (χ2n) is 6.61. The van der Waals surface area contributed by atoms with Gasteiger partial charge in [-0.3, -0.25) is 14.6 Å². The number of nitrogen functional groups attached to an aromatic ring is 1. The first-order valence-electron chi connectivity index (χ1n) is 8.82. The number of benzene rings is 1. The standard InChI is InChI=1S/C20H20N4O3/c1-13-4-5-15-14(17(13)21)6-7-22-18(15)20(26)24-10-8-23(9-11-24)19(25)16-3-2-12-27-16/h2-7,12H,8-11,21H2,1H3. The fourth-order valence-corrected chi connectivity index (χ4v) is 3.38. The minimum atomic E-state index is -0.154. The van der Waals surface area contributed by atoms with Gasteiger partial charge in [-0.05, 0) is 30.7 Å². The molecular formula is C20H20N4O3. The maximum Gasteiger partial charge on any atom is 0.289 e. The molecule has 0 spiro atoms. The molecule has 0 unspecified atom stereocenters. The van der Waals surface area contributed by atoms with E-state index in [1.807, 2.05) is 25.1 Å². The van der Waals surface area contributed by atoms with E-state index in [2.05, 4.69) is 4.98 Å². The lowest BCUT2D eigenvalue weighted by Crippen LogP contribution is -2.50. The number of piperazine rings is 1. The van der Waals surface area contributed by atoms with Crippen LogP contribution in [0.1, 0.15) is 26.6 Å². The maximum absolute atomic E-state index is 13.0. The summed E-state index contributed by atoms with van der Waals surface area (Å²) in [5.41, 5.74) is 8.19. The Kier molecular flexibility index (Phi) is 4.27. The largest absolute Gasteiger partial charge is 0.459 e. The lowest BCUT2D eigenvalue weighted by Gasteiger charge is -2.34. The SMILES string of the molecule is Cc1ccc2c(C(=O)N3CCN(C(=O)c4ccco4)CC3)nccc2c1N. The predicted molar refractivity (Wildman–Crippen MR) is 101 cm³/mol. The Morgan fingerprint density at radius 2 is 1.70 bits per heavy atom. The lowest BCUT2D eigenvalue weighted by atomic mass is 10.0. The van der Waals surface area contributed by atoms with Crippen molar-refractivity contribution in [2.24, 2.45) is 0 Å². The van der Waals surface area contributed by atoms with E-state index in [-0.39, 0.29) is 11.8 Å². The van der Waals surface area contributed by atoms with Gasteiger partial charge in [0, 0.05) is 48.8 Å². The number of carbonyl (C=O) groups is 2. The van der Waals surface area contributed by atoms with Crippen molar-refractivity contribution < 1.29 is 14.0 Å². The van der Waals surface area contributed by atoms with Gasteiger partial charge in [0.2, 0.25) is 0 Å². The highest BCUT2D eigenvalue weighted by Gasteiger charge is 2.28. The van der Waals surface area contributed by atoms with Gasteiger partial charge in [0.15, 0.2) is 5.76 Å². The molecule has 3 aromatic rings. The van der Waals surface area contributed by atoms with E-state index < -0.39 is 0 Å². The molecule has 0 aliphatic carbocycles. The van der Waals surface area contributed by atoms with Crippen molar-refractivity contribution >= 4 is 28.3 Å². The first-order valence-corrected chi connectivity index (χ1v) is 8.82. The van der Waals surface area contributed by atoms with Gasteiger partial charge in [-0.25, -0.2) is 0 Å². The van der Waals surface area contributed by atoms with Crippen molar-refractivity contribution in [2.75, 3.05) is 31.9 Å². The first-order chi connectivity index (χ1) is 13.1. The van der Waals surface area contributed by atoms with Crippen molar-refractivity contribution in [1.29, 1.82) is 0 Å². The van der Waals surface area contributed by atoms with Gasteiger partial charge in [0.1, 0.15) is 5.69 Å². The molecule has 7 nitrogen and oxygen atoms in total. The second-order valence-corrected chi connectivity index (χ2v) is 6.61. The number of rotatable bonds is 2. The van der Waals surface area contributed by atoms with Gasteiger partial charge in [-0.2, -0.15) is 0 Å². The van der Waals surface area contributed by atoms with Crippen LogP contribution in [0.2, 0.25) is 0 Å². The Labute approximate surface area is 156 Å². The summed E-state index contributed by atoms with van der Waals surface area (Å²) >= 11 is 0. The van der Waals surface area contributed by atoms with Crippen molar-refractivity contribution in [3.8, 4) is 0 Å². The minimum absolute atomic E-state index is 0.144. The Morgan fingerprint density at radius 3 is 2.37 bits per heavy atom. The monoisotopic (exact) mass is 364 g/mol. The zero-order valence-electron chi connectivity index (χ0n) is 15.0. The number of aryl methyl sites for hydroxylation is 1. The molecule has 1 aliphatic heterocycles. The molecule has 0 radical (unpaired) electrons. The number of hydrogen-bond donors (Lipinski definition) is 1. The van der Waals surface area contributed by atoms with Crippen LogP contribution in [0.15, 0.2) is 47.2 Å². The molecule has 3 heterocycles. The highest BCUT2D eigenvalue weighted by molar-refractivity contribution is 6.08. The van der Waals surface area contributed by atoms with Gasteiger partial charge in [0.05, 0.1) is 6.26 Å². The third kappa shape index (κ3) is 3.01. The Balaban J connectivity index is 1.53. The van der Waals surface area contributed by atoms with Crippen molar-refractivity contribution in [1.82, 2.24) is 14.8 Å². The van der Waals surface area contributed by atoms with E-state index in [9.17, 15) is 9.59 Å².